The minimum Gasteiger partial charge on any atom is -0.374 e. The Morgan fingerprint density at radius 1 is 1.43 bits per heavy atom. The highest BCUT2D eigenvalue weighted by Crippen LogP contribution is 2.53. The maximum atomic E-state index is 13.0. The van der Waals surface area contributed by atoms with Crippen LogP contribution in [0.2, 0.25) is 0 Å². The molecular formula is C20H32N4O3S. The summed E-state index contributed by atoms with van der Waals surface area (Å²) in [6, 6.07) is 1.84. The zero-order valence-corrected chi connectivity index (χ0v) is 18.1. The van der Waals surface area contributed by atoms with Crippen LogP contribution in [0, 0.1) is 12.3 Å². The summed E-state index contributed by atoms with van der Waals surface area (Å²) in [6.07, 6.45) is 7.36. The van der Waals surface area contributed by atoms with E-state index in [4.69, 9.17) is 0 Å². The topological polar surface area (TPSA) is 85.5 Å². The number of likely N-dealkylation sites (tertiary alicyclic amines) is 1. The van der Waals surface area contributed by atoms with Crippen molar-refractivity contribution in [2.45, 2.75) is 52.6 Å². The Labute approximate surface area is 168 Å². The van der Waals surface area contributed by atoms with Crippen molar-refractivity contribution in [1.82, 2.24) is 19.5 Å². The Hall–Kier alpha value is -1.80. The van der Waals surface area contributed by atoms with Crippen molar-refractivity contribution in [1.29, 1.82) is 0 Å². The molecule has 7 nitrogen and oxygen atoms in total. The molecule has 1 unspecified atom stereocenters. The van der Waals surface area contributed by atoms with Crippen molar-refractivity contribution in [3.63, 3.8) is 0 Å². The van der Waals surface area contributed by atoms with Crippen LogP contribution in [0.4, 0.5) is 0 Å². The highest BCUT2D eigenvalue weighted by molar-refractivity contribution is 7.89. The summed E-state index contributed by atoms with van der Waals surface area (Å²) < 4.78 is 27.3. The second kappa shape index (κ2) is 7.91. The van der Waals surface area contributed by atoms with Gasteiger partial charge in [0.05, 0.1) is 5.75 Å². The van der Waals surface area contributed by atoms with Gasteiger partial charge in [0.25, 0.3) is 5.91 Å². The molecule has 0 aromatic carbocycles. The number of aromatic nitrogens is 1. The quantitative estimate of drug-likeness (QED) is 0.647. The van der Waals surface area contributed by atoms with Gasteiger partial charge >= 0.3 is 0 Å². The predicted molar refractivity (Wildman–Crippen MR) is 110 cm³/mol. The van der Waals surface area contributed by atoms with Crippen LogP contribution in [-0.4, -0.2) is 61.2 Å². The SMILES string of the molecule is C/C=C(\CC(NS(=O)(=O)CC)N(C)C(=O)c1[nH]ccc1C)N1CCC2(CC2)C1. The number of nitrogens with one attached hydrogen (secondary N) is 2. The molecule has 2 heterocycles. The first kappa shape index (κ1) is 20.9. The molecule has 1 aromatic rings. The number of sulfonamides is 1. The molecule has 156 valence electrons. The fourth-order valence-corrected chi connectivity index (χ4v) is 4.76. The molecule has 3 rings (SSSR count). The summed E-state index contributed by atoms with van der Waals surface area (Å²) in [5, 5.41) is 0. The second-order valence-corrected chi connectivity index (χ2v) is 10.2. The first-order chi connectivity index (χ1) is 13.2. The van der Waals surface area contributed by atoms with E-state index in [1.165, 1.54) is 24.2 Å². The normalized spacial score (nSPS) is 19.9. The summed E-state index contributed by atoms with van der Waals surface area (Å²) in [6.45, 7) is 7.48. The maximum Gasteiger partial charge on any atom is 0.271 e. The van der Waals surface area contributed by atoms with Gasteiger partial charge in [0, 0.05) is 38.5 Å². The predicted octanol–water partition coefficient (Wildman–Crippen LogP) is 2.44. The Bertz CT molecular complexity index is 855. The van der Waals surface area contributed by atoms with Crippen LogP contribution in [0.25, 0.3) is 0 Å². The third-order valence-corrected chi connectivity index (χ3v) is 7.58. The molecule has 1 amide bonds. The van der Waals surface area contributed by atoms with Gasteiger partial charge in [-0.15, -0.1) is 0 Å². The van der Waals surface area contributed by atoms with Gasteiger partial charge in [0.1, 0.15) is 11.9 Å². The van der Waals surface area contributed by atoms with Crippen LogP contribution < -0.4 is 4.72 Å². The van der Waals surface area contributed by atoms with Crippen molar-refractivity contribution >= 4 is 15.9 Å². The Balaban J connectivity index is 1.79. The second-order valence-electron chi connectivity index (χ2n) is 8.14. The monoisotopic (exact) mass is 408 g/mol. The summed E-state index contributed by atoms with van der Waals surface area (Å²) in [5.41, 5.74) is 2.91. The highest BCUT2D eigenvalue weighted by Gasteiger charge is 2.48. The van der Waals surface area contributed by atoms with E-state index in [0.717, 1.165) is 24.4 Å². The fraction of sp³-hybridized carbons (Fsp3) is 0.650. The van der Waals surface area contributed by atoms with Crippen molar-refractivity contribution in [2.24, 2.45) is 5.41 Å². The van der Waals surface area contributed by atoms with Gasteiger partial charge in [0.2, 0.25) is 10.0 Å². The molecule has 1 saturated heterocycles. The lowest BCUT2D eigenvalue weighted by atomic mass is 10.1. The Morgan fingerprint density at radius 3 is 2.64 bits per heavy atom. The van der Waals surface area contributed by atoms with Crippen LogP contribution in [0.15, 0.2) is 24.0 Å². The summed E-state index contributed by atoms with van der Waals surface area (Å²) in [5.74, 6) is -0.243. The maximum absolute atomic E-state index is 13.0. The Kier molecular flexibility index (Phi) is 5.91. The summed E-state index contributed by atoms with van der Waals surface area (Å²) in [7, 11) is -1.81. The minimum atomic E-state index is -3.46. The third kappa shape index (κ3) is 4.43. The zero-order chi connectivity index (χ0) is 20.5. The third-order valence-electron chi connectivity index (χ3n) is 6.19. The van der Waals surface area contributed by atoms with E-state index >= 15 is 0 Å². The standard InChI is InChI=1S/C20H32N4O3S/c1-5-16(24-12-10-20(14-24)8-9-20)13-17(22-28(26,27)6-2)23(4)19(25)18-15(3)7-11-21-18/h5,7,11,17,21-22H,6,8-10,12-14H2,1-4H3/b16-5+. The van der Waals surface area contributed by atoms with Crippen molar-refractivity contribution in [3.05, 3.63) is 35.3 Å². The molecule has 1 aliphatic heterocycles. The van der Waals surface area contributed by atoms with E-state index in [1.807, 2.05) is 26.0 Å². The number of H-pyrrole nitrogens is 1. The number of hydrogen-bond acceptors (Lipinski definition) is 4. The van der Waals surface area contributed by atoms with Gasteiger partial charge in [-0.2, -0.15) is 4.72 Å². The first-order valence-electron chi connectivity index (χ1n) is 10.0. The Morgan fingerprint density at radius 2 is 2.14 bits per heavy atom. The molecule has 2 fully saturated rings. The molecule has 2 aliphatic rings. The molecule has 0 radical (unpaired) electrons. The number of allylic oxidation sites excluding steroid dienone is 1. The number of hydrogen-bond donors (Lipinski definition) is 2. The van der Waals surface area contributed by atoms with Crippen molar-refractivity contribution in [3.8, 4) is 0 Å². The van der Waals surface area contributed by atoms with Crippen molar-refractivity contribution in [2.75, 3.05) is 25.9 Å². The van der Waals surface area contributed by atoms with Crippen LogP contribution in [0.3, 0.4) is 0 Å². The van der Waals surface area contributed by atoms with E-state index in [-0.39, 0.29) is 11.7 Å². The van der Waals surface area contributed by atoms with Crippen molar-refractivity contribution < 1.29 is 13.2 Å². The number of carbonyl (C=O) groups is 1. The number of nitrogens with zero attached hydrogens (tertiary/aromatic N) is 2. The minimum absolute atomic E-state index is 0.0228. The molecule has 1 saturated carbocycles. The smallest absolute Gasteiger partial charge is 0.271 e. The molecule has 1 aliphatic carbocycles. The number of aryl methyl sites for hydroxylation is 1. The number of amides is 1. The van der Waals surface area contributed by atoms with E-state index in [0.29, 0.717) is 17.5 Å². The largest absolute Gasteiger partial charge is 0.374 e. The van der Waals surface area contributed by atoms with E-state index in [2.05, 4.69) is 14.6 Å². The molecule has 1 spiro atoms. The van der Waals surface area contributed by atoms with Gasteiger partial charge < -0.3 is 14.8 Å². The van der Waals surface area contributed by atoms with Gasteiger partial charge in [-0.25, -0.2) is 8.42 Å². The molecule has 28 heavy (non-hydrogen) atoms. The summed E-state index contributed by atoms with van der Waals surface area (Å²) in [4.78, 5) is 19.8. The molecule has 8 heteroatoms. The molecule has 2 N–H and O–H groups in total. The van der Waals surface area contributed by atoms with Crippen LogP contribution in [0.5, 0.6) is 0 Å². The molecule has 1 atom stereocenters. The number of carbonyl (C=O) groups excluding carboxylic acids is 1. The van der Waals surface area contributed by atoms with Gasteiger partial charge in [-0.1, -0.05) is 6.08 Å². The molecule has 1 aromatic heterocycles. The number of aromatic amines is 1. The van der Waals surface area contributed by atoms with Crippen LogP contribution >= 0.6 is 0 Å². The average molecular weight is 409 g/mol. The summed E-state index contributed by atoms with van der Waals surface area (Å²) >= 11 is 0. The molecule has 0 bridgehead atoms. The van der Waals surface area contributed by atoms with Crippen LogP contribution in [-0.2, 0) is 10.0 Å². The lowest BCUT2D eigenvalue weighted by Gasteiger charge is -2.32. The van der Waals surface area contributed by atoms with Gasteiger partial charge in [0.15, 0.2) is 0 Å². The zero-order valence-electron chi connectivity index (χ0n) is 17.3. The van der Waals surface area contributed by atoms with E-state index in [9.17, 15) is 13.2 Å². The fourth-order valence-electron chi connectivity index (χ4n) is 3.94. The lowest BCUT2D eigenvalue weighted by molar-refractivity contribution is 0.0710. The average Bonchev–Trinajstić information content (AvgIpc) is 3.08. The van der Waals surface area contributed by atoms with E-state index < -0.39 is 16.2 Å². The van der Waals surface area contributed by atoms with Crippen LogP contribution in [0.1, 0.15) is 55.6 Å². The molecular weight excluding hydrogens is 376 g/mol. The van der Waals surface area contributed by atoms with Gasteiger partial charge in [-0.3, -0.25) is 4.79 Å². The first-order valence-corrected chi connectivity index (χ1v) is 11.7. The lowest BCUT2D eigenvalue weighted by Crippen LogP contribution is -2.50. The van der Waals surface area contributed by atoms with E-state index in [1.54, 1.807) is 20.2 Å². The highest BCUT2D eigenvalue weighted by atomic mass is 32.2. The number of rotatable bonds is 8. The van der Waals surface area contributed by atoms with Gasteiger partial charge in [-0.05, 0) is 57.1 Å².